The van der Waals surface area contributed by atoms with Crippen molar-refractivity contribution < 1.29 is 19.2 Å². The lowest BCUT2D eigenvalue weighted by Crippen LogP contribution is -2.53. The number of allylic oxidation sites excluding steroid dienone is 2. The van der Waals surface area contributed by atoms with Gasteiger partial charge in [0, 0.05) is 37.8 Å². The number of benzene rings is 1. The van der Waals surface area contributed by atoms with Gasteiger partial charge in [0.05, 0.1) is 12.6 Å². The Hall–Kier alpha value is -3.16. The highest BCUT2D eigenvalue weighted by Gasteiger charge is 2.52. The number of hydrogen-bond donors (Lipinski definition) is 1. The maximum absolute atomic E-state index is 13.7. The van der Waals surface area contributed by atoms with Crippen LogP contribution >= 0.6 is 0 Å². The number of Topliss-reactive ketones (excluding diaryl/α,β-unsaturated/α-hetero) is 1. The topological polar surface area (TPSA) is 90.0 Å². The van der Waals surface area contributed by atoms with E-state index < -0.39 is 12.1 Å². The zero-order valence-corrected chi connectivity index (χ0v) is 21.8. The molecule has 0 radical (unpaired) electrons. The molecule has 1 aromatic rings. The van der Waals surface area contributed by atoms with Crippen LogP contribution in [0.25, 0.3) is 0 Å². The first-order valence-electron chi connectivity index (χ1n) is 13.0. The molecule has 4 unspecified atom stereocenters. The lowest BCUT2D eigenvalue weighted by molar-refractivity contribution is -0.138. The zero-order chi connectivity index (χ0) is 26.0. The fourth-order valence-electron chi connectivity index (χ4n) is 5.66. The summed E-state index contributed by atoms with van der Waals surface area (Å²) in [6, 6.07) is 5.61. The number of amides is 3. The Morgan fingerprint density at radius 2 is 1.78 bits per heavy atom. The maximum atomic E-state index is 13.7. The lowest BCUT2D eigenvalue weighted by Gasteiger charge is -2.30. The number of carbonyl (C=O) groups excluding carboxylic acids is 4. The second-order valence-electron chi connectivity index (χ2n) is 10.8. The van der Waals surface area contributed by atoms with Crippen LogP contribution in [-0.2, 0) is 14.4 Å². The molecule has 2 heterocycles. The third-order valence-electron chi connectivity index (χ3n) is 7.56. The molecule has 2 fully saturated rings. The van der Waals surface area contributed by atoms with E-state index in [9.17, 15) is 19.2 Å². The van der Waals surface area contributed by atoms with Gasteiger partial charge in [-0.25, -0.2) is 0 Å². The number of likely N-dealkylation sites (tertiary alicyclic amines) is 2. The highest BCUT2D eigenvalue weighted by atomic mass is 16.2. The van der Waals surface area contributed by atoms with Crippen LogP contribution in [0.2, 0.25) is 0 Å². The number of carbonyl (C=O) groups is 4. The van der Waals surface area contributed by atoms with Crippen LogP contribution in [0.4, 0.5) is 5.69 Å². The second-order valence-corrected chi connectivity index (χ2v) is 10.8. The van der Waals surface area contributed by atoms with Crippen LogP contribution in [0.15, 0.2) is 36.4 Å². The number of nitrogens with zero attached hydrogens (tertiary/aromatic N) is 3. The highest BCUT2D eigenvalue weighted by Crippen LogP contribution is 2.33. The van der Waals surface area contributed by atoms with Gasteiger partial charge in [-0.05, 0) is 62.3 Å². The van der Waals surface area contributed by atoms with E-state index in [2.05, 4.69) is 11.4 Å². The number of hydrogen-bond acceptors (Lipinski definition) is 5. The summed E-state index contributed by atoms with van der Waals surface area (Å²) in [6.45, 7) is 4.49. The molecule has 1 N–H and O–H groups in total. The van der Waals surface area contributed by atoms with E-state index in [0.29, 0.717) is 31.4 Å². The summed E-state index contributed by atoms with van der Waals surface area (Å²) in [5.74, 6) is -0.515. The molecule has 3 amide bonds. The Balaban J connectivity index is 1.47. The zero-order valence-electron chi connectivity index (χ0n) is 21.8. The molecule has 0 aromatic heterocycles. The van der Waals surface area contributed by atoms with E-state index in [1.54, 1.807) is 21.9 Å². The minimum absolute atomic E-state index is 0.0303. The van der Waals surface area contributed by atoms with Crippen molar-refractivity contribution in [1.82, 2.24) is 15.1 Å². The molecule has 194 valence electrons. The number of rotatable bonds is 7. The summed E-state index contributed by atoms with van der Waals surface area (Å²) in [7, 11) is 3.86. The molecule has 4 rings (SSSR count). The fourth-order valence-corrected chi connectivity index (χ4v) is 5.66. The average Bonchev–Trinajstić information content (AvgIpc) is 3.44. The van der Waals surface area contributed by atoms with Crippen molar-refractivity contribution in [1.29, 1.82) is 0 Å². The van der Waals surface area contributed by atoms with E-state index in [1.807, 2.05) is 51.1 Å². The van der Waals surface area contributed by atoms with E-state index in [0.717, 1.165) is 18.5 Å². The minimum Gasteiger partial charge on any atom is -0.378 e. The number of ketones is 1. The molecule has 1 aromatic carbocycles. The second kappa shape index (κ2) is 10.8. The number of anilines is 1. The molecular formula is C28H38N4O4. The fraction of sp³-hybridized carbons (Fsp3) is 0.571. The number of fused-ring (bicyclic) bond motifs is 1. The predicted octanol–water partition coefficient (Wildman–Crippen LogP) is 2.63. The van der Waals surface area contributed by atoms with Crippen LogP contribution < -0.4 is 10.2 Å². The van der Waals surface area contributed by atoms with E-state index in [1.165, 1.54) is 0 Å². The van der Waals surface area contributed by atoms with Crippen LogP contribution in [-0.4, -0.2) is 78.6 Å². The summed E-state index contributed by atoms with van der Waals surface area (Å²) in [6.07, 6.45) is 7.59. The first-order valence-corrected chi connectivity index (χ1v) is 13.0. The first kappa shape index (κ1) is 25.9. The van der Waals surface area contributed by atoms with Crippen molar-refractivity contribution in [2.45, 2.75) is 64.1 Å². The average molecular weight is 495 g/mol. The van der Waals surface area contributed by atoms with Crippen molar-refractivity contribution in [2.75, 3.05) is 32.1 Å². The SMILES string of the molecule is CC(C)CC(NC(=O)c1ccc(N(C)C)cc1)C(=O)N1CCC2C1C(=O)CN2C(=O)C1CC=CCC1. The van der Waals surface area contributed by atoms with Gasteiger partial charge in [-0.3, -0.25) is 19.2 Å². The summed E-state index contributed by atoms with van der Waals surface area (Å²) >= 11 is 0. The molecule has 3 aliphatic rings. The van der Waals surface area contributed by atoms with Crippen molar-refractivity contribution >= 4 is 29.2 Å². The van der Waals surface area contributed by atoms with Gasteiger partial charge in [-0.2, -0.15) is 0 Å². The van der Waals surface area contributed by atoms with Gasteiger partial charge in [0.25, 0.3) is 5.91 Å². The van der Waals surface area contributed by atoms with Crippen LogP contribution in [0.3, 0.4) is 0 Å². The van der Waals surface area contributed by atoms with Gasteiger partial charge in [0.15, 0.2) is 5.78 Å². The van der Waals surface area contributed by atoms with Crippen LogP contribution in [0.5, 0.6) is 0 Å². The summed E-state index contributed by atoms with van der Waals surface area (Å²) < 4.78 is 0. The molecule has 0 bridgehead atoms. The van der Waals surface area contributed by atoms with E-state index in [-0.39, 0.29) is 47.9 Å². The molecule has 8 heteroatoms. The quantitative estimate of drug-likeness (QED) is 0.589. The Kier molecular flexibility index (Phi) is 7.81. The maximum Gasteiger partial charge on any atom is 0.251 e. The third-order valence-corrected chi connectivity index (χ3v) is 7.56. The first-order chi connectivity index (χ1) is 17.2. The Morgan fingerprint density at radius 1 is 1.06 bits per heavy atom. The van der Waals surface area contributed by atoms with E-state index in [4.69, 9.17) is 0 Å². The van der Waals surface area contributed by atoms with Gasteiger partial charge >= 0.3 is 0 Å². The molecule has 4 atom stereocenters. The molecular weight excluding hydrogens is 456 g/mol. The molecule has 2 saturated heterocycles. The summed E-state index contributed by atoms with van der Waals surface area (Å²) in [4.78, 5) is 58.2. The third kappa shape index (κ3) is 5.32. The smallest absolute Gasteiger partial charge is 0.251 e. The monoisotopic (exact) mass is 494 g/mol. The summed E-state index contributed by atoms with van der Waals surface area (Å²) in [5, 5.41) is 2.93. The van der Waals surface area contributed by atoms with Gasteiger partial charge in [-0.15, -0.1) is 0 Å². The number of nitrogens with one attached hydrogen (secondary N) is 1. The van der Waals surface area contributed by atoms with Crippen molar-refractivity contribution in [2.24, 2.45) is 11.8 Å². The Bertz CT molecular complexity index is 1030. The van der Waals surface area contributed by atoms with Crippen molar-refractivity contribution in [3.8, 4) is 0 Å². The largest absolute Gasteiger partial charge is 0.378 e. The molecule has 8 nitrogen and oxygen atoms in total. The normalized spacial score (nSPS) is 24.1. The van der Waals surface area contributed by atoms with Crippen molar-refractivity contribution in [3.05, 3.63) is 42.0 Å². The van der Waals surface area contributed by atoms with E-state index >= 15 is 0 Å². The van der Waals surface area contributed by atoms with Gasteiger partial charge in [-0.1, -0.05) is 26.0 Å². The molecule has 1 aliphatic carbocycles. The highest BCUT2D eigenvalue weighted by molar-refractivity contribution is 6.01. The molecule has 0 spiro atoms. The van der Waals surface area contributed by atoms with Gasteiger partial charge < -0.3 is 20.0 Å². The van der Waals surface area contributed by atoms with Gasteiger partial charge in [0.1, 0.15) is 12.1 Å². The minimum atomic E-state index is -0.731. The van der Waals surface area contributed by atoms with Crippen LogP contribution in [0, 0.1) is 11.8 Å². The Labute approximate surface area is 213 Å². The molecule has 0 saturated carbocycles. The lowest BCUT2D eigenvalue weighted by atomic mass is 9.93. The van der Waals surface area contributed by atoms with Crippen molar-refractivity contribution in [3.63, 3.8) is 0 Å². The predicted molar refractivity (Wildman–Crippen MR) is 139 cm³/mol. The van der Waals surface area contributed by atoms with Gasteiger partial charge in [0.2, 0.25) is 11.8 Å². The molecule has 2 aliphatic heterocycles. The molecule has 36 heavy (non-hydrogen) atoms. The summed E-state index contributed by atoms with van der Waals surface area (Å²) in [5.41, 5.74) is 1.46. The standard InChI is InChI=1S/C28H38N4O4/c1-18(2)16-22(29-26(34)19-10-12-21(13-11-19)30(3)4)28(36)31-15-14-23-25(31)24(33)17-32(23)27(35)20-8-6-5-7-9-20/h5-6,10-13,18,20,22-23,25H,7-9,14-17H2,1-4H3,(H,29,34). The Morgan fingerprint density at radius 3 is 2.39 bits per heavy atom. The van der Waals surface area contributed by atoms with Crippen LogP contribution in [0.1, 0.15) is 56.3 Å².